The molecule has 0 bridgehead atoms. The Morgan fingerprint density at radius 2 is 0.800 bits per heavy atom. The summed E-state index contributed by atoms with van der Waals surface area (Å²) >= 11 is 0. The minimum atomic E-state index is 1.16. The van der Waals surface area contributed by atoms with Crippen molar-refractivity contribution in [2.45, 2.75) is 6.92 Å². The molecule has 0 atom stereocenters. The van der Waals surface area contributed by atoms with E-state index in [1.165, 1.54) is 77.1 Å². The molecule has 0 spiro atoms. The fourth-order valence-corrected chi connectivity index (χ4v) is 7.04. The lowest BCUT2D eigenvalue weighted by molar-refractivity contribution is 1.17. The minimum Gasteiger partial charge on any atom is -0.309 e. The molecule has 0 amide bonds. The average Bonchev–Trinajstić information content (AvgIpc) is 3.59. The van der Waals surface area contributed by atoms with E-state index in [2.05, 4.69) is 180 Å². The van der Waals surface area contributed by atoms with E-state index in [9.17, 15) is 0 Å². The van der Waals surface area contributed by atoms with Gasteiger partial charge in [-0.15, -0.1) is 0 Å². The number of hydrogen-bond acceptors (Lipinski definition) is 0. The Balaban J connectivity index is 1.35. The number of nitrogens with zero attached hydrogens (tertiary/aromatic N) is 2. The van der Waals surface area contributed by atoms with Crippen molar-refractivity contribution in [2.75, 3.05) is 0 Å². The Kier molecular flexibility index (Phi) is 5.76. The first-order chi connectivity index (χ1) is 22.2. The molecule has 0 saturated carbocycles. The van der Waals surface area contributed by atoms with Gasteiger partial charge in [0.1, 0.15) is 0 Å². The van der Waals surface area contributed by atoms with Gasteiger partial charge in [0, 0.05) is 32.9 Å². The minimum absolute atomic E-state index is 1.16. The molecule has 2 heteroatoms. The molecule has 45 heavy (non-hydrogen) atoms. The maximum Gasteiger partial charge on any atom is 0.0548 e. The molecular weight excluding hydrogens is 544 g/mol. The lowest BCUT2D eigenvalue weighted by Crippen LogP contribution is -1.94. The summed E-state index contributed by atoms with van der Waals surface area (Å²) in [4.78, 5) is 0. The zero-order valence-electron chi connectivity index (χ0n) is 25.0. The summed E-state index contributed by atoms with van der Waals surface area (Å²) in [6.07, 6.45) is 0. The van der Waals surface area contributed by atoms with Crippen LogP contribution < -0.4 is 0 Å². The molecule has 0 radical (unpaired) electrons. The Bertz CT molecular complexity index is 2520. The Labute approximate surface area is 262 Å². The molecule has 0 unspecified atom stereocenters. The van der Waals surface area contributed by atoms with Crippen LogP contribution in [-0.4, -0.2) is 9.13 Å². The number of hydrogen-bond donors (Lipinski definition) is 0. The van der Waals surface area contributed by atoms with Crippen molar-refractivity contribution in [3.63, 3.8) is 0 Å². The third-order valence-corrected chi connectivity index (χ3v) is 9.14. The second kappa shape index (κ2) is 10.1. The lowest BCUT2D eigenvalue weighted by atomic mass is 9.98. The summed E-state index contributed by atoms with van der Waals surface area (Å²) in [6, 6.07) is 59.6. The number of aromatic nitrogens is 2. The standard InChI is InChI=1S/C43H30N2/c1-29-20-23-40-37(24-29)39-28-42-38(27-43(39)44(40)34-16-7-3-8-17-34)36-22-21-33(26-41(36)45(42)35-18-9-4-10-19-35)32-15-11-14-31(25-32)30-12-5-2-6-13-30/h2-28H,1H3. The number of benzene rings is 7. The van der Waals surface area contributed by atoms with Crippen LogP contribution in [0.25, 0.3) is 77.2 Å². The first-order valence-electron chi connectivity index (χ1n) is 15.5. The summed E-state index contributed by atoms with van der Waals surface area (Å²) < 4.78 is 4.86. The third-order valence-electron chi connectivity index (χ3n) is 9.14. The molecular formula is C43H30N2. The lowest BCUT2D eigenvalue weighted by Gasteiger charge is -2.10. The van der Waals surface area contributed by atoms with Crippen LogP contribution in [0.2, 0.25) is 0 Å². The molecule has 0 fully saturated rings. The molecule has 2 heterocycles. The normalized spacial score (nSPS) is 11.7. The molecule has 0 saturated heterocycles. The zero-order valence-corrected chi connectivity index (χ0v) is 25.0. The van der Waals surface area contributed by atoms with Gasteiger partial charge < -0.3 is 9.13 Å². The molecule has 2 nitrogen and oxygen atoms in total. The summed E-state index contributed by atoms with van der Waals surface area (Å²) in [6.45, 7) is 2.18. The van der Waals surface area contributed by atoms with Crippen LogP contribution in [0.5, 0.6) is 0 Å². The Hall–Kier alpha value is -5.86. The highest BCUT2D eigenvalue weighted by molar-refractivity contribution is 6.19. The van der Waals surface area contributed by atoms with E-state index >= 15 is 0 Å². The van der Waals surface area contributed by atoms with Crippen LogP contribution in [0, 0.1) is 6.92 Å². The Morgan fingerprint density at radius 1 is 0.311 bits per heavy atom. The first kappa shape index (κ1) is 25.6. The molecule has 9 aromatic rings. The molecule has 0 aliphatic heterocycles. The van der Waals surface area contributed by atoms with Crippen LogP contribution >= 0.6 is 0 Å². The smallest absolute Gasteiger partial charge is 0.0548 e. The topological polar surface area (TPSA) is 9.86 Å². The van der Waals surface area contributed by atoms with Gasteiger partial charge in [0.15, 0.2) is 0 Å². The highest BCUT2D eigenvalue weighted by Gasteiger charge is 2.19. The average molecular weight is 575 g/mol. The fourth-order valence-electron chi connectivity index (χ4n) is 7.04. The van der Waals surface area contributed by atoms with Crippen LogP contribution in [0.15, 0.2) is 164 Å². The Morgan fingerprint density at radius 3 is 1.47 bits per heavy atom. The van der Waals surface area contributed by atoms with E-state index in [1.54, 1.807) is 0 Å². The summed E-state index contributed by atoms with van der Waals surface area (Å²) in [5, 5.41) is 5.04. The summed E-state index contributed by atoms with van der Waals surface area (Å²) in [7, 11) is 0. The van der Waals surface area contributed by atoms with Crippen molar-refractivity contribution in [2.24, 2.45) is 0 Å². The van der Waals surface area contributed by atoms with Crippen molar-refractivity contribution in [1.29, 1.82) is 0 Å². The summed E-state index contributed by atoms with van der Waals surface area (Å²) in [5.41, 5.74) is 13.3. The fraction of sp³-hybridized carbons (Fsp3) is 0.0233. The second-order valence-corrected chi connectivity index (χ2v) is 11.9. The third kappa shape index (κ3) is 4.11. The monoisotopic (exact) mass is 574 g/mol. The SMILES string of the molecule is Cc1ccc2c(c1)c1cc3c(cc1n2-c1ccccc1)c1ccc(-c2cccc(-c4ccccc4)c2)cc1n3-c1ccccc1. The second-order valence-electron chi connectivity index (χ2n) is 11.9. The van der Waals surface area contributed by atoms with Gasteiger partial charge in [-0.05, 0) is 89.8 Å². The van der Waals surface area contributed by atoms with Gasteiger partial charge in [-0.3, -0.25) is 0 Å². The van der Waals surface area contributed by atoms with E-state index in [0.717, 1.165) is 5.69 Å². The predicted octanol–water partition coefficient (Wildman–Crippen LogP) is 11.5. The number of para-hydroxylation sites is 2. The van der Waals surface area contributed by atoms with Crippen LogP contribution in [0.3, 0.4) is 0 Å². The molecule has 0 aliphatic rings. The maximum atomic E-state index is 2.44. The van der Waals surface area contributed by atoms with Crippen molar-refractivity contribution < 1.29 is 0 Å². The van der Waals surface area contributed by atoms with E-state index in [0.29, 0.717) is 0 Å². The molecule has 2 aromatic heterocycles. The van der Waals surface area contributed by atoms with E-state index in [1.807, 2.05) is 0 Å². The van der Waals surface area contributed by atoms with E-state index in [4.69, 9.17) is 0 Å². The van der Waals surface area contributed by atoms with E-state index < -0.39 is 0 Å². The zero-order chi connectivity index (χ0) is 29.9. The summed E-state index contributed by atoms with van der Waals surface area (Å²) in [5.74, 6) is 0. The number of rotatable bonds is 4. The molecule has 7 aromatic carbocycles. The molecule has 9 rings (SSSR count). The van der Waals surface area contributed by atoms with Gasteiger partial charge in [0.05, 0.1) is 22.1 Å². The molecule has 0 N–H and O–H groups in total. The van der Waals surface area contributed by atoms with Crippen molar-refractivity contribution in [1.82, 2.24) is 9.13 Å². The van der Waals surface area contributed by atoms with E-state index in [-0.39, 0.29) is 0 Å². The van der Waals surface area contributed by atoms with Gasteiger partial charge in [0.25, 0.3) is 0 Å². The van der Waals surface area contributed by atoms with Crippen LogP contribution in [0.4, 0.5) is 0 Å². The van der Waals surface area contributed by atoms with Gasteiger partial charge in [0.2, 0.25) is 0 Å². The predicted molar refractivity (Wildman–Crippen MR) is 191 cm³/mol. The van der Waals surface area contributed by atoms with Crippen LogP contribution in [0.1, 0.15) is 5.56 Å². The van der Waals surface area contributed by atoms with Crippen molar-refractivity contribution >= 4 is 43.6 Å². The van der Waals surface area contributed by atoms with Gasteiger partial charge in [-0.2, -0.15) is 0 Å². The van der Waals surface area contributed by atoms with Crippen LogP contribution in [-0.2, 0) is 0 Å². The van der Waals surface area contributed by atoms with Gasteiger partial charge in [-0.1, -0.05) is 109 Å². The maximum absolute atomic E-state index is 2.44. The number of fused-ring (bicyclic) bond motifs is 6. The highest BCUT2D eigenvalue weighted by atomic mass is 15.0. The van der Waals surface area contributed by atoms with Gasteiger partial charge in [-0.25, -0.2) is 0 Å². The van der Waals surface area contributed by atoms with Crippen molar-refractivity contribution in [3.05, 3.63) is 169 Å². The highest BCUT2D eigenvalue weighted by Crippen LogP contribution is 2.41. The number of aryl methyl sites for hydroxylation is 1. The quantitative estimate of drug-likeness (QED) is 0.198. The molecule has 0 aliphatic carbocycles. The molecule has 212 valence electrons. The first-order valence-corrected chi connectivity index (χ1v) is 15.5. The largest absolute Gasteiger partial charge is 0.309 e. The van der Waals surface area contributed by atoms with Gasteiger partial charge >= 0.3 is 0 Å². The van der Waals surface area contributed by atoms with Crippen molar-refractivity contribution in [3.8, 4) is 33.6 Å².